The van der Waals surface area contributed by atoms with Crippen LogP contribution in [-0.2, 0) is 0 Å². The van der Waals surface area contributed by atoms with Crippen LogP contribution >= 0.6 is 0 Å². The Kier molecular flexibility index (Phi) is 5.39. The smallest absolute Gasteiger partial charge is 0.179 e. The average Bonchev–Trinajstić information content (AvgIpc) is 3.37. The first-order valence-corrected chi connectivity index (χ1v) is 9.42. The fourth-order valence-corrected chi connectivity index (χ4v) is 3.44. The highest BCUT2D eigenvalue weighted by molar-refractivity contribution is 5.90. The summed E-state index contributed by atoms with van der Waals surface area (Å²) in [7, 11) is 1.63. The van der Waals surface area contributed by atoms with Crippen molar-refractivity contribution >= 4 is 22.5 Å². The van der Waals surface area contributed by atoms with E-state index in [0.717, 1.165) is 29.7 Å². The number of anilines is 2. The van der Waals surface area contributed by atoms with Crippen LogP contribution in [0.1, 0.15) is 19.3 Å². The molecule has 0 aromatic carbocycles. The molecule has 1 aliphatic rings. The van der Waals surface area contributed by atoms with Gasteiger partial charge in [-0.25, -0.2) is 9.97 Å². The van der Waals surface area contributed by atoms with Gasteiger partial charge in [0, 0.05) is 30.4 Å². The first-order valence-electron chi connectivity index (χ1n) is 9.42. The average molecular weight is 367 g/mol. The zero-order valence-corrected chi connectivity index (χ0v) is 15.6. The lowest BCUT2D eigenvalue weighted by Crippen LogP contribution is -2.21. The van der Waals surface area contributed by atoms with Crippen molar-refractivity contribution in [3.8, 4) is 11.5 Å². The zero-order valence-electron chi connectivity index (χ0n) is 15.6. The number of methoxy groups -OCH3 is 1. The number of likely N-dealkylation sites (tertiary alicyclic amines) is 1. The summed E-state index contributed by atoms with van der Waals surface area (Å²) in [5, 5.41) is 4.29. The van der Waals surface area contributed by atoms with E-state index in [1.54, 1.807) is 19.5 Å². The highest BCUT2D eigenvalue weighted by atomic mass is 16.5. The van der Waals surface area contributed by atoms with E-state index in [1.165, 1.54) is 25.9 Å². The first kappa shape index (κ1) is 17.6. The molecule has 3 aromatic heterocycles. The van der Waals surface area contributed by atoms with Crippen molar-refractivity contribution in [1.29, 1.82) is 0 Å². The molecule has 1 saturated heterocycles. The molecule has 0 saturated carbocycles. The molecule has 0 radical (unpaired) electrons. The van der Waals surface area contributed by atoms with Crippen LogP contribution in [0.25, 0.3) is 10.9 Å². The molecule has 7 nitrogen and oxygen atoms in total. The van der Waals surface area contributed by atoms with Crippen molar-refractivity contribution in [2.24, 2.45) is 0 Å². The molecule has 142 valence electrons. The molecule has 0 unspecified atom stereocenters. The van der Waals surface area contributed by atoms with Crippen LogP contribution in [0.2, 0.25) is 0 Å². The summed E-state index contributed by atoms with van der Waals surface area (Å²) < 4.78 is 11.4. The monoisotopic (exact) mass is 367 g/mol. The van der Waals surface area contributed by atoms with Crippen LogP contribution in [0.15, 0.2) is 36.8 Å². The largest absolute Gasteiger partial charge is 0.491 e. The molecule has 1 fully saturated rings. The molecule has 0 aliphatic carbocycles. The number of pyridine rings is 2. The van der Waals surface area contributed by atoms with Crippen LogP contribution in [0, 0.1) is 0 Å². The lowest BCUT2D eigenvalue weighted by atomic mass is 10.3. The molecule has 2 N–H and O–H groups in total. The third-order valence-electron chi connectivity index (χ3n) is 4.85. The summed E-state index contributed by atoms with van der Waals surface area (Å²) in [5.41, 5.74) is 1.03. The van der Waals surface area contributed by atoms with Gasteiger partial charge in [-0.05, 0) is 44.5 Å². The van der Waals surface area contributed by atoms with Crippen LogP contribution in [0.3, 0.4) is 0 Å². The third-order valence-corrected chi connectivity index (χ3v) is 4.85. The predicted molar refractivity (Wildman–Crippen MR) is 106 cm³/mol. The van der Waals surface area contributed by atoms with Crippen molar-refractivity contribution in [3.63, 3.8) is 0 Å². The minimum atomic E-state index is 0.634. The van der Waals surface area contributed by atoms with E-state index in [9.17, 15) is 0 Å². The predicted octanol–water partition coefficient (Wildman–Crippen LogP) is 3.57. The molecule has 0 amide bonds. The van der Waals surface area contributed by atoms with E-state index < -0.39 is 0 Å². The number of hydrogen-bond donors (Lipinski definition) is 2. The molecule has 0 atom stereocenters. The highest BCUT2D eigenvalue weighted by Crippen LogP contribution is 2.30. The molecular formula is C20H25N5O2. The number of aromatic nitrogens is 3. The second-order valence-corrected chi connectivity index (χ2v) is 6.69. The van der Waals surface area contributed by atoms with Crippen LogP contribution < -0.4 is 14.8 Å². The number of fused-ring (bicyclic) bond motifs is 1. The second-order valence-electron chi connectivity index (χ2n) is 6.69. The number of ether oxygens (including phenoxy) is 2. The van der Waals surface area contributed by atoms with E-state index in [4.69, 9.17) is 9.47 Å². The molecule has 0 spiro atoms. The Labute approximate surface area is 158 Å². The maximum Gasteiger partial charge on any atom is 0.179 e. The highest BCUT2D eigenvalue weighted by Gasteiger charge is 2.12. The lowest BCUT2D eigenvalue weighted by Gasteiger charge is -2.16. The van der Waals surface area contributed by atoms with Gasteiger partial charge in [0.15, 0.2) is 11.5 Å². The molecule has 4 rings (SSSR count). The standard InChI is InChI=1S/C20H25N5O2/c1-26-18-14-23-19(24-20-15-5-7-21-16(15)6-8-22-20)13-17(18)27-12-4-11-25-9-2-3-10-25/h5-8,13-14,21H,2-4,9-12H2,1H3,(H,22,23,24). The summed E-state index contributed by atoms with van der Waals surface area (Å²) in [5.74, 6) is 2.75. The Morgan fingerprint density at radius 3 is 2.93 bits per heavy atom. The minimum absolute atomic E-state index is 0.634. The summed E-state index contributed by atoms with van der Waals surface area (Å²) in [6.07, 6.45) is 8.97. The molecule has 7 heteroatoms. The molecule has 1 aliphatic heterocycles. The zero-order chi connectivity index (χ0) is 18.5. The van der Waals surface area contributed by atoms with Crippen LogP contribution in [-0.4, -0.2) is 53.2 Å². The van der Waals surface area contributed by atoms with Gasteiger partial charge < -0.3 is 24.7 Å². The van der Waals surface area contributed by atoms with Crippen molar-refractivity contribution in [3.05, 3.63) is 36.8 Å². The minimum Gasteiger partial charge on any atom is -0.491 e. The van der Waals surface area contributed by atoms with E-state index in [1.807, 2.05) is 24.4 Å². The van der Waals surface area contributed by atoms with Gasteiger partial charge in [-0.2, -0.15) is 0 Å². The van der Waals surface area contributed by atoms with Gasteiger partial charge >= 0.3 is 0 Å². The Bertz CT molecular complexity index is 889. The summed E-state index contributed by atoms with van der Waals surface area (Å²) >= 11 is 0. The fourth-order valence-electron chi connectivity index (χ4n) is 3.44. The summed E-state index contributed by atoms with van der Waals surface area (Å²) in [4.78, 5) is 14.5. The molecule has 3 aromatic rings. The summed E-state index contributed by atoms with van der Waals surface area (Å²) in [6, 6.07) is 5.79. The number of nitrogens with zero attached hydrogens (tertiary/aromatic N) is 3. The first-order chi connectivity index (χ1) is 13.3. The van der Waals surface area contributed by atoms with Gasteiger partial charge in [0.2, 0.25) is 0 Å². The van der Waals surface area contributed by atoms with Gasteiger partial charge in [0.1, 0.15) is 11.6 Å². The number of nitrogens with one attached hydrogen (secondary N) is 2. The Morgan fingerprint density at radius 1 is 1.19 bits per heavy atom. The van der Waals surface area contributed by atoms with Crippen molar-refractivity contribution in [2.75, 3.05) is 38.7 Å². The van der Waals surface area contributed by atoms with Gasteiger partial charge in [0.25, 0.3) is 0 Å². The van der Waals surface area contributed by atoms with E-state index in [2.05, 4.69) is 25.2 Å². The lowest BCUT2D eigenvalue weighted by molar-refractivity contribution is 0.254. The topological polar surface area (TPSA) is 75.3 Å². The molecule has 4 heterocycles. The Hall–Kier alpha value is -2.80. The quantitative estimate of drug-likeness (QED) is 0.593. The van der Waals surface area contributed by atoms with E-state index >= 15 is 0 Å². The van der Waals surface area contributed by atoms with Crippen molar-refractivity contribution in [2.45, 2.75) is 19.3 Å². The van der Waals surface area contributed by atoms with Crippen molar-refractivity contribution in [1.82, 2.24) is 19.9 Å². The SMILES string of the molecule is COc1cnc(Nc2nccc3[nH]ccc23)cc1OCCCN1CCCC1. The fraction of sp³-hybridized carbons (Fsp3) is 0.400. The normalized spacial score (nSPS) is 14.6. The maximum atomic E-state index is 5.98. The van der Waals surface area contributed by atoms with Crippen LogP contribution in [0.4, 0.5) is 11.6 Å². The van der Waals surface area contributed by atoms with Gasteiger partial charge in [-0.1, -0.05) is 0 Å². The van der Waals surface area contributed by atoms with Gasteiger partial charge in [-0.3, -0.25) is 0 Å². The summed E-state index contributed by atoms with van der Waals surface area (Å²) in [6.45, 7) is 4.16. The Morgan fingerprint density at radius 2 is 2.07 bits per heavy atom. The molecule has 27 heavy (non-hydrogen) atoms. The number of H-pyrrole nitrogens is 1. The van der Waals surface area contributed by atoms with Crippen molar-refractivity contribution < 1.29 is 9.47 Å². The number of rotatable bonds is 8. The van der Waals surface area contributed by atoms with Gasteiger partial charge in [-0.15, -0.1) is 0 Å². The van der Waals surface area contributed by atoms with Crippen LogP contribution in [0.5, 0.6) is 11.5 Å². The van der Waals surface area contributed by atoms with E-state index in [0.29, 0.717) is 23.9 Å². The molecular weight excluding hydrogens is 342 g/mol. The maximum absolute atomic E-state index is 5.98. The number of hydrogen-bond acceptors (Lipinski definition) is 6. The molecule has 0 bridgehead atoms. The van der Waals surface area contributed by atoms with Gasteiger partial charge in [0.05, 0.1) is 25.4 Å². The second kappa shape index (κ2) is 8.26. The third kappa shape index (κ3) is 4.14. The van der Waals surface area contributed by atoms with E-state index in [-0.39, 0.29) is 0 Å². The Balaban J connectivity index is 1.43. The number of aromatic amines is 1.